The highest BCUT2D eigenvalue weighted by Crippen LogP contribution is 2.31. The van der Waals surface area contributed by atoms with Gasteiger partial charge in [-0.05, 0) is 30.3 Å². The summed E-state index contributed by atoms with van der Waals surface area (Å²) in [5.41, 5.74) is -0.232. The fraction of sp³-hybridized carbons (Fsp3) is 0.286. The summed E-state index contributed by atoms with van der Waals surface area (Å²) < 4.78 is 43.7. The fourth-order valence-corrected chi connectivity index (χ4v) is 3.27. The molecule has 1 saturated heterocycles. The standard InChI is InChI=1S/C21H20F3N3O4/c1-2-13-31-19-8-7-17(27(29)30)14-18(19)20(28)26-11-9-25(10-12-26)16-5-3-15(4-6-16)21(22,23)24/h2-8,14H,1,9-13H2. The van der Waals surface area contributed by atoms with E-state index in [0.717, 1.165) is 12.1 Å². The molecule has 1 amide bonds. The number of anilines is 1. The van der Waals surface area contributed by atoms with Crippen LogP contribution in [-0.4, -0.2) is 48.5 Å². The highest BCUT2D eigenvalue weighted by molar-refractivity contribution is 5.97. The van der Waals surface area contributed by atoms with Crippen molar-refractivity contribution in [1.82, 2.24) is 4.90 Å². The predicted molar refractivity (Wildman–Crippen MR) is 108 cm³/mol. The Balaban J connectivity index is 1.72. The Morgan fingerprint density at radius 2 is 1.77 bits per heavy atom. The second-order valence-corrected chi connectivity index (χ2v) is 6.86. The van der Waals surface area contributed by atoms with Gasteiger partial charge in [0, 0.05) is 44.0 Å². The van der Waals surface area contributed by atoms with Gasteiger partial charge < -0.3 is 14.5 Å². The van der Waals surface area contributed by atoms with E-state index < -0.39 is 22.6 Å². The molecule has 2 aromatic rings. The number of benzene rings is 2. The number of ether oxygens (including phenoxy) is 1. The van der Waals surface area contributed by atoms with Gasteiger partial charge in [-0.3, -0.25) is 14.9 Å². The molecular weight excluding hydrogens is 415 g/mol. The van der Waals surface area contributed by atoms with Crippen molar-refractivity contribution in [1.29, 1.82) is 0 Å². The molecule has 0 N–H and O–H groups in total. The second kappa shape index (κ2) is 9.07. The Kier molecular flexibility index (Phi) is 6.47. The first-order valence-electron chi connectivity index (χ1n) is 9.44. The number of carbonyl (C=O) groups is 1. The Morgan fingerprint density at radius 1 is 1.13 bits per heavy atom. The van der Waals surface area contributed by atoms with E-state index in [2.05, 4.69) is 6.58 Å². The molecule has 164 valence electrons. The Labute approximate surface area is 176 Å². The SMILES string of the molecule is C=CCOc1ccc([N+](=O)[O-])cc1C(=O)N1CCN(c2ccc(C(F)(F)F)cc2)CC1. The van der Waals surface area contributed by atoms with E-state index in [1.54, 1.807) is 4.90 Å². The average Bonchev–Trinajstić information content (AvgIpc) is 2.76. The molecule has 0 atom stereocenters. The second-order valence-electron chi connectivity index (χ2n) is 6.86. The molecule has 2 aromatic carbocycles. The number of nitro benzene ring substituents is 1. The van der Waals surface area contributed by atoms with Crippen LogP contribution in [0.25, 0.3) is 0 Å². The van der Waals surface area contributed by atoms with Gasteiger partial charge in [0.15, 0.2) is 0 Å². The fourth-order valence-electron chi connectivity index (χ4n) is 3.27. The van der Waals surface area contributed by atoms with Crippen LogP contribution in [0.3, 0.4) is 0 Å². The zero-order chi connectivity index (χ0) is 22.6. The molecule has 1 aliphatic heterocycles. The lowest BCUT2D eigenvalue weighted by molar-refractivity contribution is -0.384. The molecule has 31 heavy (non-hydrogen) atoms. The summed E-state index contributed by atoms with van der Waals surface area (Å²) in [6.07, 6.45) is -2.90. The van der Waals surface area contributed by atoms with Gasteiger partial charge in [-0.2, -0.15) is 13.2 Å². The molecule has 1 heterocycles. The van der Waals surface area contributed by atoms with Gasteiger partial charge in [0.1, 0.15) is 12.4 Å². The van der Waals surface area contributed by atoms with Crippen LogP contribution >= 0.6 is 0 Å². The largest absolute Gasteiger partial charge is 0.489 e. The summed E-state index contributed by atoms with van der Waals surface area (Å²) in [6.45, 7) is 5.13. The molecule has 0 unspecified atom stereocenters. The average molecular weight is 435 g/mol. The van der Waals surface area contributed by atoms with Crippen LogP contribution in [0.2, 0.25) is 0 Å². The summed E-state index contributed by atoms with van der Waals surface area (Å²) >= 11 is 0. The van der Waals surface area contributed by atoms with E-state index in [0.29, 0.717) is 31.9 Å². The Morgan fingerprint density at radius 3 is 2.32 bits per heavy atom. The number of nitro groups is 1. The maximum Gasteiger partial charge on any atom is 0.416 e. The molecular formula is C21H20F3N3O4. The van der Waals surface area contributed by atoms with Crippen LogP contribution < -0.4 is 9.64 Å². The van der Waals surface area contributed by atoms with Crippen molar-refractivity contribution in [2.45, 2.75) is 6.18 Å². The van der Waals surface area contributed by atoms with E-state index in [-0.39, 0.29) is 23.6 Å². The summed E-state index contributed by atoms with van der Waals surface area (Å²) in [4.78, 5) is 27.0. The molecule has 7 nitrogen and oxygen atoms in total. The van der Waals surface area contributed by atoms with E-state index in [1.807, 2.05) is 4.90 Å². The summed E-state index contributed by atoms with van der Waals surface area (Å²) in [7, 11) is 0. The molecule has 1 aliphatic rings. The van der Waals surface area contributed by atoms with Crippen molar-refractivity contribution in [2.75, 3.05) is 37.7 Å². The van der Waals surface area contributed by atoms with E-state index in [4.69, 9.17) is 4.74 Å². The normalized spacial score (nSPS) is 14.3. The Hall–Kier alpha value is -3.56. The van der Waals surface area contributed by atoms with Gasteiger partial charge in [-0.1, -0.05) is 12.7 Å². The first-order valence-corrected chi connectivity index (χ1v) is 9.44. The molecule has 1 fully saturated rings. The van der Waals surface area contributed by atoms with Crippen LogP contribution in [0, 0.1) is 10.1 Å². The summed E-state index contributed by atoms with van der Waals surface area (Å²) in [6, 6.07) is 8.69. The maximum absolute atomic E-state index is 13.0. The first kappa shape index (κ1) is 22.1. The molecule has 0 aromatic heterocycles. The minimum atomic E-state index is -4.40. The quantitative estimate of drug-likeness (QED) is 0.387. The molecule has 0 spiro atoms. The van der Waals surface area contributed by atoms with E-state index in [9.17, 15) is 28.1 Å². The number of rotatable bonds is 6. The maximum atomic E-state index is 13.0. The van der Waals surface area contributed by atoms with Crippen molar-refractivity contribution in [3.05, 3.63) is 76.4 Å². The van der Waals surface area contributed by atoms with Crippen molar-refractivity contribution < 1.29 is 27.6 Å². The minimum absolute atomic E-state index is 0.0824. The lowest BCUT2D eigenvalue weighted by atomic mass is 10.1. The number of halogens is 3. The van der Waals surface area contributed by atoms with Gasteiger partial charge in [-0.15, -0.1) is 0 Å². The third-order valence-corrected chi connectivity index (χ3v) is 4.89. The molecule has 0 bridgehead atoms. The van der Waals surface area contributed by atoms with Crippen LogP contribution in [-0.2, 0) is 6.18 Å². The third-order valence-electron chi connectivity index (χ3n) is 4.89. The number of amides is 1. The van der Waals surface area contributed by atoms with Crippen LogP contribution in [0.1, 0.15) is 15.9 Å². The summed E-state index contributed by atoms with van der Waals surface area (Å²) in [5, 5.41) is 11.1. The van der Waals surface area contributed by atoms with Gasteiger partial charge in [0.25, 0.3) is 11.6 Å². The monoisotopic (exact) mass is 435 g/mol. The predicted octanol–water partition coefficient (Wildman–Crippen LogP) is 4.14. The van der Waals surface area contributed by atoms with Crippen LogP contribution in [0.5, 0.6) is 5.75 Å². The van der Waals surface area contributed by atoms with Crippen molar-refractivity contribution in [3.8, 4) is 5.75 Å². The third kappa shape index (κ3) is 5.14. The van der Waals surface area contributed by atoms with Crippen LogP contribution in [0.15, 0.2) is 55.1 Å². The topological polar surface area (TPSA) is 75.9 Å². The lowest BCUT2D eigenvalue weighted by Crippen LogP contribution is -2.48. The molecule has 10 heteroatoms. The van der Waals surface area contributed by atoms with Gasteiger partial charge >= 0.3 is 6.18 Å². The lowest BCUT2D eigenvalue weighted by Gasteiger charge is -2.36. The molecule has 3 rings (SSSR count). The van der Waals surface area contributed by atoms with Gasteiger partial charge in [0.2, 0.25) is 0 Å². The smallest absolute Gasteiger partial charge is 0.416 e. The van der Waals surface area contributed by atoms with Crippen LogP contribution in [0.4, 0.5) is 24.5 Å². The highest BCUT2D eigenvalue weighted by Gasteiger charge is 2.31. The number of hydrogen-bond acceptors (Lipinski definition) is 5. The number of hydrogen-bond donors (Lipinski definition) is 0. The van der Waals surface area contributed by atoms with E-state index in [1.165, 1.54) is 36.4 Å². The Bertz CT molecular complexity index is 969. The number of non-ortho nitro benzene ring substituents is 1. The molecule has 0 radical (unpaired) electrons. The van der Waals surface area contributed by atoms with Crippen molar-refractivity contribution >= 4 is 17.3 Å². The number of piperazine rings is 1. The number of alkyl halides is 3. The number of nitrogens with zero attached hydrogens (tertiary/aromatic N) is 3. The zero-order valence-electron chi connectivity index (χ0n) is 16.5. The molecule has 0 saturated carbocycles. The number of carbonyl (C=O) groups excluding carboxylic acids is 1. The minimum Gasteiger partial charge on any atom is -0.489 e. The first-order chi connectivity index (χ1) is 14.7. The summed E-state index contributed by atoms with van der Waals surface area (Å²) in [5.74, 6) is -0.185. The highest BCUT2D eigenvalue weighted by atomic mass is 19.4. The van der Waals surface area contributed by atoms with Crippen molar-refractivity contribution in [2.24, 2.45) is 0 Å². The van der Waals surface area contributed by atoms with Gasteiger partial charge in [0.05, 0.1) is 16.1 Å². The van der Waals surface area contributed by atoms with Crippen molar-refractivity contribution in [3.63, 3.8) is 0 Å². The molecule has 0 aliphatic carbocycles. The van der Waals surface area contributed by atoms with Gasteiger partial charge in [-0.25, -0.2) is 0 Å². The zero-order valence-corrected chi connectivity index (χ0v) is 16.5. The van der Waals surface area contributed by atoms with E-state index >= 15 is 0 Å².